The third kappa shape index (κ3) is 5.79. The van der Waals surface area contributed by atoms with Gasteiger partial charge in [-0.15, -0.1) is 0 Å². The van der Waals surface area contributed by atoms with Crippen molar-refractivity contribution in [3.63, 3.8) is 0 Å². The summed E-state index contributed by atoms with van der Waals surface area (Å²) in [5.41, 5.74) is 1.30. The van der Waals surface area contributed by atoms with Crippen molar-refractivity contribution < 1.29 is 23.0 Å². The standard InChI is InChI=1S/C18H17F2NO3S/c1-23-15-9-3-12(11-16(15)24-2)4-10-17(22)21-13-5-7-14(8-6-13)25-18(19)20/h3-11,18H,1-2H3,(H,21,22)/b10-4+. The van der Waals surface area contributed by atoms with Crippen molar-refractivity contribution in [2.45, 2.75) is 10.7 Å². The van der Waals surface area contributed by atoms with Crippen LogP contribution in [0.4, 0.5) is 14.5 Å². The number of hydrogen-bond donors (Lipinski definition) is 1. The number of carbonyl (C=O) groups excluding carboxylic acids is 1. The Morgan fingerprint density at radius 3 is 2.36 bits per heavy atom. The van der Waals surface area contributed by atoms with Crippen LogP contribution in [0.15, 0.2) is 53.4 Å². The van der Waals surface area contributed by atoms with Crippen LogP contribution >= 0.6 is 11.8 Å². The molecule has 0 radical (unpaired) electrons. The smallest absolute Gasteiger partial charge is 0.288 e. The third-order valence-electron chi connectivity index (χ3n) is 3.18. The summed E-state index contributed by atoms with van der Waals surface area (Å²) in [6.45, 7) is 0. The maximum atomic E-state index is 12.3. The van der Waals surface area contributed by atoms with Crippen molar-refractivity contribution in [3.05, 3.63) is 54.1 Å². The predicted molar refractivity (Wildman–Crippen MR) is 95.5 cm³/mol. The average molecular weight is 365 g/mol. The zero-order valence-electron chi connectivity index (χ0n) is 13.7. The summed E-state index contributed by atoms with van der Waals surface area (Å²) in [4.78, 5) is 12.4. The molecule has 0 saturated heterocycles. The number of benzene rings is 2. The van der Waals surface area contributed by atoms with Crippen LogP contribution in [0, 0.1) is 0 Å². The molecule has 4 nitrogen and oxygen atoms in total. The molecule has 0 spiro atoms. The molecule has 0 aliphatic rings. The molecule has 7 heteroatoms. The molecule has 132 valence electrons. The summed E-state index contributed by atoms with van der Waals surface area (Å²) >= 11 is 0.458. The van der Waals surface area contributed by atoms with E-state index in [1.54, 1.807) is 43.5 Å². The van der Waals surface area contributed by atoms with E-state index >= 15 is 0 Å². The van der Waals surface area contributed by atoms with Crippen LogP contribution in [0.2, 0.25) is 0 Å². The SMILES string of the molecule is COc1ccc(/C=C/C(=O)Nc2ccc(SC(F)F)cc2)cc1OC. The molecule has 0 heterocycles. The fourth-order valence-electron chi connectivity index (χ4n) is 2.03. The van der Waals surface area contributed by atoms with Crippen LogP contribution < -0.4 is 14.8 Å². The van der Waals surface area contributed by atoms with Gasteiger partial charge in [0.2, 0.25) is 5.91 Å². The summed E-state index contributed by atoms with van der Waals surface area (Å²) in [6, 6.07) is 11.5. The van der Waals surface area contributed by atoms with Crippen LogP contribution in [0.25, 0.3) is 6.08 Å². The largest absolute Gasteiger partial charge is 0.493 e. The van der Waals surface area contributed by atoms with Crippen molar-refractivity contribution in [3.8, 4) is 11.5 Å². The summed E-state index contributed by atoms with van der Waals surface area (Å²) in [7, 11) is 3.08. The van der Waals surface area contributed by atoms with Crippen molar-refractivity contribution in [2.75, 3.05) is 19.5 Å². The molecule has 0 unspecified atom stereocenters. The highest BCUT2D eigenvalue weighted by Gasteiger charge is 2.06. The van der Waals surface area contributed by atoms with Gasteiger partial charge in [0.15, 0.2) is 11.5 Å². The first-order valence-electron chi connectivity index (χ1n) is 7.28. The summed E-state index contributed by atoms with van der Waals surface area (Å²) < 4.78 is 34.9. The lowest BCUT2D eigenvalue weighted by molar-refractivity contribution is -0.111. The van der Waals surface area contributed by atoms with E-state index in [1.165, 1.54) is 25.3 Å². The molecular weight excluding hydrogens is 348 g/mol. The Morgan fingerprint density at radius 1 is 1.08 bits per heavy atom. The quantitative estimate of drug-likeness (QED) is 0.572. The van der Waals surface area contributed by atoms with E-state index in [0.717, 1.165) is 5.56 Å². The van der Waals surface area contributed by atoms with Crippen LogP contribution in [-0.2, 0) is 4.79 Å². The Balaban J connectivity index is 1.98. The number of hydrogen-bond acceptors (Lipinski definition) is 4. The van der Waals surface area contributed by atoms with Gasteiger partial charge in [-0.2, -0.15) is 8.78 Å². The number of rotatable bonds is 7. The number of nitrogens with one attached hydrogen (secondary N) is 1. The van der Waals surface area contributed by atoms with E-state index in [0.29, 0.717) is 33.8 Å². The molecule has 0 aromatic heterocycles. The minimum Gasteiger partial charge on any atom is -0.493 e. The second kappa shape index (κ2) is 9.08. The normalized spacial score (nSPS) is 10.9. The molecule has 0 atom stereocenters. The monoisotopic (exact) mass is 365 g/mol. The molecule has 2 aromatic carbocycles. The van der Waals surface area contributed by atoms with E-state index in [1.807, 2.05) is 0 Å². The van der Waals surface area contributed by atoms with Gasteiger partial charge < -0.3 is 14.8 Å². The molecule has 0 fully saturated rings. The highest BCUT2D eigenvalue weighted by atomic mass is 32.2. The predicted octanol–water partition coefficient (Wildman–Crippen LogP) is 4.67. The summed E-state index contributed by atoms with van der Waals surface area (Å²) in [5.74, 6) is -1.63. The Morgan fingerprint density at radius 2 is 1.76 bits per heavy atom. The van der Waals surface area contributed by atoms with Gasteiger partial charge in [0.1, 0.15) is 0 Å². The van der Waals surface area contributed by atoms with E-state index in [-0.39, 0.29) is 5.91 Å². The molecule has 2 aromatic rings. The van der Waals surface area contributed by atoms with E-state index < -0.39 is 5.76 Å². The topological polar surface area (TPSA) is 47.6 Å². The van der Waals surface area contributed by atoms with Crippen LogP contribution in [-0.4, -0.2) is 25.9 Å². The van der Waals surface area contributed by atoms with Crippen molar-refractivity contribution in [1.29, 1.82) is 0 Å². The molecule has 25 heavy (non-hydrogen) atoms. The second-order valence-corrected chi connectivity index (χ2v) is 5.90. The molecule has 0 saturated carbocycles. The van der Waals surface area contributed by atoms with Gasteiger partial charge in [-0.3, -0.25) is 4.79 Å². The maximum absolute atomic E-state index is 12.3. The molecule has 0 bridgehead atoms. The molecule has 0 aliphatic carbocycles. The number of methoxy groups -OCH3 is 2. The van der Waals surface area contributed by atoms with Gasteiger partial charge in [-0.25, -0.2) is 0 Å². The van der Waals surface area contributed by atoms with Gasteiger partial charge in [-0.1, -0.05) is 17.8 Å². The van der Waals surface area contributed by atoms with Crippen molar-refractivity contribution in [2.24, 2.45) is 0 Å². The molecule has 1 N–H and O–H groups in total. The number of amides is 1. The number of alkyl halides is 2. The first-order valence-corrected chi connectivity index (χ1v) is 8.15. The number of anilines is 1. The Bertz CT molecular complexity index is 748. The zero-order valence-corrected chi connectivity index (χ0v) is 14.5. The molecule has 2 rings (SSSR count). The minimum atomic E-state index is -2.47. The highest BCUT2D eigenvalue weighted by molar-refractivity contribution is 7.99. The lowest BCUT2D eigenvalue weighted by atomic mass is 10.2. The van der Waals surface area contributed by atoms with Crippen LogP contribution in [0.3, 0.4) is 0 Å². The molecule has 1 amide bonds. The van der Waals surface area contributed by atoms with Gasteiger partial charge in [0, 0.05) is 16.7 Å². The second-order valence-electron chi connectivity index (χ2n) is 4.84. The summed E-state index contributed by atoms with van der Waals surface area (Å²) in [6.07, 6.45) is 3.02. The lowest BCUT2D eigenvalue weighted by Crippen LogP contribution is -2.07. The molecule has 0 aliphatic heterocycles. The lowest BCUT2D eigenvalue weighted by Gasteiger charge is -2.07. The summed E-state index contributed by atoms with van der Waals surface area (Å²) in [5, 5.41) is 2.67. The van der Waals surface area contributed by atoms with E-state index in [4.69, 9.17) is 9.47 Å². The van der Waals surface area contributed by atoms with Gasteiger partial charge in [0.05, 0.1) is 14.2 Å². The Labute approximate surface area is 148 Å². The fourth-order valence-corrected chi connectivity index (χ4v) is 2.53. The average Bonchev–Trinajstić information content (AvgIpc) is 2.61. The third-order valence-corrected chi connectivity index (χ3v) is 3.90. The highest BCUT2D eigenvalue weighted by Crippen LogP contribution is 2.28. The number of ether oxygens (including phenoxy) is 2. The molecular formula is C18H17F2NO3S. The van der Waals surface area contributed by atoms with Gasteiger partial charge in [0.25, 0.3) is 5.76 Å². The number of thioether (sulfide) groups is 1. The fraction of sp³-hybridized carbons (Fsp3) is 0.167. The maximum Gasteiger partial charge on any atom is 0.288 e. The first-order chi connectivity index (χ1) is 12.0. The van der Waals surface area contributed by atoms with Crippen LogP contribution in [0.1, 0.15) is 5.56 Å². The van der Waals surface area contributed by atoms with E-state index in [2.05, 4.69) is 5.32 Å². The Kier molecular flexibility index (Phi) is 6.82. The number of carbonyl (C=O) groups is 1. The van der Waals surface area contributed by atoms with E-state index in [9.17, 15) is 13.6 Å². The van der Waals surface area contributed by atoms with Crippen molar-refractivity contribution in [1.82, 2.24) is 0 Å². The van der Waals surface area contributed by atoms with Gasteiger partial charge in [-0.05, 0) is 48.0 Å². The van der Waals surface area contributed by atoms with Crippen LogP contribution in [0.5, 0.6) is 11.5 Å². The Hall–Kier alpha value is -2.54. The minimum absolute atomic E-state index is 0.330. The zero-order chi connectivity index (χ0) is 18.2. The number of halogens is 2. The van der Waals surface area contributed by atoms with Crippen molar-refractivity contribution >= 4 is 29.4 Å². The van der Waals surface area contributed by atoms with Gasteiger partial charge >= 0.3 is 0 Å². The first kappa shape index (κ1) is 18.8.